The zero-order valence-corrected chi connectivity index (χ0v) is 57.6. The standard InChI is InChI=1S/C22H20Cl2N2O3.C11H12ClN3.C11H11ClO3.C8H8ClNO2.C8H6FNO4.C7H4ClNO4/c1-14-10-18(26(25-14)17-5-3-4-16(23)13-17)7-8-19(27)11-15-6-9-20(21(24)12-15)22(28)29-2;1-8-5-11(7-13)15(14-8)10-4-2-3-9(12)6-10;1-7(13)5-8-3-4-9(10(12)6-8)11(14)15-2;1-12-8(11)6-3-2-5(10)4-7(6)9;1-14-8(11)6-3-2-5(10(12)13)4-7(6)9;8-6-3-4(9(12)13)1-2-5(6)7(10)11/h3-6,9-10,12-13H,7-8,11H2,1-2H3;2-6H,7,13H2,1H3;3-4,6H,5H2,1-2H3;2-4H,10H2,1H3;2-4H,1H3;1-3H,(H,10,11). The Hall–Kier alpha value is -10.1. The summed E-state index contributed by atoms with van der Waals surface area (Å²) >= 11 is 35.2. The van der Waals surface area contributed by atoms with Crippen LogP contribution in [0.3, 0.4) is 0 Å². The number of benzene rings is 7. The smallest absolute Gasteiger partial charge is 0.340 e. The van der Waals surface area contributed by atoms with Crippen molar-refractivity contribution in [2.45, 2.75) is 53.0 Å². The number of methoxy groups -OCH3 is 4. The first-order valence-corrected chi connectivity index (χ1v) is 30.5. The van der Waals surface area contributed by atoms with E-state index in [9.17, 15) is 58.2 Å². The number of ketones is 2. The number of nitro benzene ring substituents is 2. The monoisotopic (exact) mass is 1460 g/mol. The van der Waals surface area contributed by atoms with Crippen LogP contribution in [0.1, 0.15) is 99.0 Å². The van der Waals surface area contributed by atoms with Crippen LogP contribution in [0, 0.1) is 39.9 Å². The van der Waals surface area contributed by atoms with Crippen molar-refractivity contribution >= 4 is 128 Å². The number of carbonyl (C=O) groups is 7. The molecule has 0 radical (unpaired) electrons. The van der Waals surface area contributed by atoms with Gasteiger partial charge in [-0.25, -0.2) is 37.7 Å². The lowest BCUT2D eigenvalue weighted by atomic mass is 10.0. The lowest BCUT2D eigenvalue weighted by Gasteiger charge is -2.08. The van der Waals surface area contributed by atoms with Gasteiger partial charge in [0, 0.05) is 65.4 Å². The van der Waals surface area contributed by atoms with Gasteiger partial charge in [-0.15, -0.1) is 0 Å². The molecule has 0 aliphatic carbocycles. The van der Waals surface area contributed by atoms with Crippen molar-refractivity contribution in [2.75, 3.05) is 34.2 Å². The first kappa shape index (κ1) is 80.3. The van der Waals surface area contributed by atoms with Crippen LogP contribution in [-0.2, 0) is 54.3 Å². The summed E-state index contributed by atoms with van der Waals surface area (Å²) in [5.41, 5.74) is 18.5. The number of esters is 4. The van der Waals surface area contributed by atoms with Crippen molar-refractivity contribution in [3.05, 3.63) is 270 Å². The number of rotatable bonds is 17. The Labute approximate surface area is 589 Å². The minimum atomic E-state index is -1.21. The molecular weight excluding hydrogens is 1400 g/mol. The quantitative estimate of drug-likeness (QED) is 0.0251. The molecule has 0 atom stereocenters. The first-order chi connectivity index (χ1) is 46.3. The summed E-state index contributed by atoms with van der Waals surface area (Å²) in [5.74, 6) is -4.35. The number of nitro groups is 2. The number of halogens is 7. The van der Waals surface area contributed by atoms with E-state index in [0.29, 0.717) is 68.8 Å². The van der Waals surface area contributed by atoms with Crippen molar-refractivity contribution in [3.63, 3.8) is 0 Å². The highest BCUT2D eigenvalue weighted by Gasteiger charge is 2.19. The van der Waals surface area contributed by atoms with Crippen molar-refractivity contribution in [1.82, 2.24) is 19.6 Å². The zero-order chi connectivity index (χ0) is 73.1. The van der Waals surface area contributed by atoms with Gasteiger partial charge in [0.2, 0.25) is 0 Å². The largest absolute Gasteiger partial charge is 0.478 e. The van der Waals surface area contributed by atoms with Crippen LogP contribution in [0.5, 0.6) is 0 Å². The number of hydrogen-bond donors (Lipinski definition) is 3. The van der Waals surface area contributed by atoms with Crippen LogP contribution < -0.4 is 11.5 Å². The molecule has 7 aromatic carbocycles. The van der Waals surface area contributed by atoms with Crippen LogP contribution in [0.4, 0.5) is 21.5 Å². The fraction of sp³-hybridized carbons (Fsp3) is 0.179. The molecule has 9 rings (SSSR count). The van der Waals surface area contributed by atoms with E-state index in [1.165, 1.54) is 40.4 Å². The van der Waals surface area contributed by atoms with Crippen LogP contribution in [0.25, 0.3) is 11.4 Å². The molecule has 514 valence electrons. The number of nitrogens with zero attached hydrogens (tertiary/aromatic N) is 6. The number of carboxylic acid groups (broad SMARTS) is 1. The van der Waals surface area contributed by atoms with Crippen molar-refractivity contribution in [1.29, 1.82) is 0 Å². The van der Waals surface area contributed by atoms with Crippen molar-refractivity contribution < 1.29 is 71.9 Å². The second kappa shape index (κ2) is 39.2. The maximum absolute atomic E-state index is 13.0. The fourth-order valence-electron chi connectivity index (χ4n) is 8.34. The molecule has 0 saturated carbocycles. The number of carbonyl (C=O) groups excluding carboxylic acids is 6. The number of aryl methyl sites for hydroxylation is 3. The van der Waals surface area contributed by atoms with E-state index in [1.807, 2.05) is 77.8 Å². The first-order valence-electron chi connectivity index (χ1n) is 28.3. The predicted molar refractivity (Wildman–Crippen MR) is 368 cm³/mol. The number of nitrogen functional groups attached to an aromatic ring is 1. The van der Waals surface area contributed by atoms with Crippen LogP contribution in [0.2, 0.25) is 30.1 Å². The van der Waals surface area contributed by atoms with Gasteiger partial charge in [0.25, 0.3) is 11.4 Å². The van der Waals surface area contributed by atoms with E-state index < -0.39 is 51.2 Å². The van der Waals surface area contributed by atoms with E-state index in [2.05, 4.69) is 29.1 Å². The summed E-state index contributed by atoms with van der Waals surface area (Å²) in [5, 5.41) is 40.0. The number of non-ortho nitro benzene ring substituents is 2. The molecular formula is C67H61Cl6FN8O16. The average Bonchev–Trinajstić information content (AvgIpc) is 1.62. The lowest BCUT2D eigenvalue weighted by Crippen LogP contribution is -2.08. The Balaban J connectivity index is 0.000000259. The third-order valence-corrected chi connectivity index (χ3v) is 14.6. The molecule has 0 aliphatic rings. The SMILES string of the molecule is COC(=O)c1ccc(CC(=O)CCc2cc(C)nn2-c2cccc(Cl)c2)cc1Cl.COC(=O)c1ccc(CC(C)=O)cc1Cl.COC(=O)c1ccc(N)cc1Cl.COC(=O)c1ccc([N+](=O)[O-])cc1F.Cc1cc(CN)n(-c2cccc(Cl)c2)n1.O=C(O)c1ccc([N+](=O)[O-])cc1Cl. The Kier molecular flexibility index (Phi) is 32.1. The van der Waals surface area contributed by atoms with Gasteiger partial charge in [-0.05, 0) is 141 Å². The van der Waals surface area contributed by atoms with E-state index in [-0.39, 0.29) is 50.4 Å². The van der Waals surface area contributed by atoms with Gasteiger partial charge in [-0.3, -0.25) is 29.8 Å². The molecule has 0 amide bonds. The predicted octanol–water partition coefficient (Wildman–Crippen LogP) is 14.7. The summed E-state index contributed by atoms with van der Waals surface area (Å²) in [6, 6.07) is 39.3. The lowest BCUT2D eigenvalue weighted by molar-refractivity contribution is -0.385. The Morgan fingerprint density at radius 2 is 0.918 bits per heavy atom. The normalized spacial score (nSPS) is 10.1. The van der Waals surface area contributed by atoms with Gasteiger partial charge >= 0.3 is 29.8 Å². The molecule has 0 unspecified atom stereocenters. The molecule has 9 aromatic rings. The van der Waals surface area contributed by atoms with Crippen LogP contribution in [0.15, 0.2) is 152 Å². The minimum Gasteiger partial charge on any atom is -0.478 e. The Bertz CT molecular complexity index is 4400. The zero-order valence-electron chi connectivity index (χ0n) is 53.0. The van der Waals surface area contributed by atoms with Crippen molar-refractivity contribution in [3.8, 4) is 11.4 Å². The molecule has 5 N–H and O–H groups in total. The summed E-state index contributed by atoms with van der Waals surface area (Å²) in [6.07, 6.45) is 1.48. The van der Waals surface area contributed by atoms with Crippen molar-refractivity contribution in [2.24, 2.45) is 5.73 Å². The molecule has 0 fully saturated rings. The van der Waals surface area contributed by atoms with Gasteiger partial charge in [0.1, 0.15) is 17.4 Å². The van der Waals surface area contributed by atoms with Gasteiger partial charge in [-0.2, -0.15) is 10.2 Å². The number of Topliss-reactive ketones (excluding diaryl/α,β-unsaturated/α-hetero) is 2. The Morgan fingerprint density at radius 3 is 1.32 bits per heavy atom. The second-order valence-corrected chi connectivity index (χ2v) is 22.6. The highest BCUT2D eigenvalue weighted by atomic mass is 35.5. The average molecular weight is 1470 g/mol. The van der Waals surface area contributed by atoms with E-state index in [1.54, 1.807) is 48.5 Å². The molecule has 0 aliphatic heterocycles. The highest BCUT2D eigenvalue weighted by molar-refractivity contribution is 6.35. The number of carboxylic acids is 1. The summed E-state index contributed by atoms with van der Waals surface area (Å²) in [6.45, 7) is 5.83. The number of hydrogen-bond acceptors (Lipinski definition) is 19. The van der Waals surface area contributed by atoms with E-state index in [0.717, 1.165) is 82.7 Å². The summed E-state index contributed by atoms with van der Waals surface area (Å²) < 4.78 is 34.7. The summed E-state index contributed by atoms with van der Waals surface area (Å²) in [7, 11) is 4.99. The Morgan fingerprint density at radius 1 is 0.520 bits per heavy atom. The van der Waals surface area contributed by atoms with E-state index in [4.69, 9.17) is 86.2 Å². The number of aromatic nitrogens is 4. The molecule has 24 nitrogen and oxygen atoms in total. The second-order valence-electron chi connectivity index (χ2n) is 20.1. The molecule has 0 spiro atoms. The van der Waals surface area contributed by atoms with Gasteiger partial charge < -0.3 is 35.5 Å². The van der Waals surface area contributed by atoms with E-state index >= 15 is 0 Å². The van der Waals surface area contributed by atoms with Gasteiger partial charge in [-0.1, -0.05) is 93.9 Å². The molecule has 0 bridgehead atoms. The number of anilines is 1. The van der Waals surface area contributed by atoms with Crippen LogP contribution in [-0.4, -0.2) is 104 Å². The van der Waals surface area contributed by atoms with Crippen LogP contribution >= 0.6 is 69.6 Å². The number of aromatic carboxylic acids is 1. The maximum atomic E-state index is 13.0. The topological polar surface area (TPSA) is 351 Å². The summed E-state index contributed by atoms with van der Waals surface area (Å²) in [4.78, 5) is 97.6. The minimum absolute atomic E-state index is 0.0527. The van der Waals surface area contributed by atoms with Gasteiger partial charge in [0.05, 0.1) is 121 Å². The maximum Gasteiger partial charge on any atom is 0.340 e. The third kappa shape index (κ3) is 24.8. The molecule has 2 aromatic heterocycles. The third-order valence-electron chi connectivity index (χ3n) is 12.9. The molecule has 98 heavy (non-hydrogen) atoms. The fourth-order valence-corrected chi connectivity index (χ4v) is 9.79. The number of nitrogens with two attached hydrogens (primary N) is 2. The molecule has 0 saturated heterocycles. The molecule has 31 heteroatoms. The molecule has 2 heterocycles. The highest BCUT2D eigenvalue weighted by Crippen LogP contribution is 2.26. The van der Waals surface area contributed by atoms with Gasteiger partial charge in [0.15, 0.2) is 0 Å². The number of ether oxygens (including phenoxy) is 4.